The lowest BCUT2D eigenvalue weighted by molar-refractivity contribution is 0.0923. The molecule has 0 heterocycles. The maximum Gasteiger partial charge on any atom is 0.265 e. The standard InChI is InChI=1S/C23H30N2O5S/c1-15-5-8-17(9-6-15)24-23(26)19-14-18(29-3)10-11-20(19)25-31(27,28)22-12-7-16(2)13-21(22)30-4/h7,10-15,17,25H,5-6,8-9H2,1-4H3,(H,24,26). The van der Waals surface area contributed by atoms with Crippen LogP contribution in [-0.2, 0) is 10.0 Å². The van der Waals surface area contributed by atoms with Crippen molar-refractivity contribution in [3.05, 3.63) is 47.5 Å². The molecule has 0 spiro atoms. The highest BCUT2D eigenvalue weighted by Gasteiger charge is 2.25. The van der Waals surface area contributed by atoms with E-state index in [0.717, 1.165) is 31.2 Å². The normalized spacial score (nSPS) is 18.8. The first kappa shape index (κ1) is 22.9. The van der Waals surface area contributed by atoms with Crippen molar-refractivity contribution in [2.24, 2.45) is 5.92 Å². The van der Waals surface area contributed by atoms with Crippen molar-refractivity contribution < 1.29 is 22.7 Å². The van der Waals surface area contributed by atoms with Gasteiger partial charge in [0.1, 0.15) is 16.4 Å². The molecule has 168 valence electrons. The Kier molecular flexibility index (Phi) is 7.10. The lowest BCUT2D eigenvalue weighted by Gasteiger charge is -2.27. The van der Waals surface area contributed by atoms with Crippen molar-refractivity contribution in [3.63, 3.8) is 0 Å². The molecule has 8 heteroatoms. The Morgan fingerprint density at radius 2 is 1.71 bits per heavy atom. The summed E-state index contributed by atoms with van der Waals surface area (Å²) in [5, 5.41) is 3.05. The summed E-state index contributed by atoms with van der Waals surface area (Å²) in [6, 6.07) is 9.62. The highest BCUT2D eigenvalue weighted by atomic mass is 32.2. The number of benzene rings is 2. The zero-order valence-corrected chi connectivity index (χ0v) is 19.2. The first-order valence-corrected chi connectivity index (χ1v) is 11.9. The molecule has 3 rings (SSSR count). The average Bonchev–Trinajstić information content (AvgIpc) is 2.75. The maximum atomic E-state index is 13.1. The Hall–Kier alpha value is -2.74. The van der Waals surface area contributed by atoms with Gasteiger partial charge in [0.05, 0.1) is 25.5 Å². The lowest BCUT2D eigenvalue weighted by atomic mass is 9.87. The lowest BCUT2D eigenvalue weighted by Crippen LogP contribution is -2.37. The molecule has 0 radical (unpaired) electrons. The van der Waals surface area contributed by atoms with Gasteiger partial charge in [-0.3, -0.25) is 9.52 Å². The summed E-state index contributed by atoms with van der Waals surface area (Å²) in [5.74, 6) is 1.05. The van der Waals surface area contributed by atoms with Gasteiger partial charge in [0, 0.05) is 6.04 Å². The van der Waals surface area contributed by atoms with Crippen LogP contribution in [0.3, 0.4) is 0 Å². The molecule has 1 amide bonds. The van der Waals surface area contributed by atoms with Crippen LogP contribution >= 0.6 is 0 Å². The van der Waals surface area contributed by atoms with E-state index in [1.54, 1.807) is 24.3 Å². The van der Waals surface area contributed by atoms with Crippen molar-refractivity contribution >= 4 is 21.6 Å². The van der Waals surface area contributed by atoms with E-state index in [9.17, 15) is 13.2 Å². The molecule has 1 aliphatic rings. The van der Waals surface area contributed by atoms with E-state index in [4.69, 9.17) is 9.47 Å². The van der Waals surface area contributed by atoms with E-state index in [-0.39, 0.29) is 33.8 Å². The topological polar surface area (TPSA) is 93.7 Å². The van der Waals surface area contributed by atoms with Crippen LogP contribution in [-0.4, -0.2) is 34.6 Å². The van der Waals surface area contributed by atoms with Crippen LogP contribution in [0.15, 0.2) is 41.3 Å². The van der Waals surface area contributed by atoms with Crippen molar-refractivity contribution in [2.75, 3.05) is 18.9 Å². The van der Waals surface area contributed by atoms with Crippen LogP contribution in [0.1, 0.15) is 48.5 Å². The molecular formula is C23H30N2O5S. The van der Waals surface area contributed by atoms with Crippen molar-refractivity contribution in [3.8, 4) is 11.5 Å². The molecule has 2 aromatic carbocycles. The minimum absolute atomic E-state index is 0.00374. The summed E-state index contributed by atoms with van der Waals surface area (Å²) in [6.45, 7) is 4.07. The van der Waals surface area contributed by atoms with Gasteiger partial charge >= 0.3 is 0 Å². The second kappa shape index (κ2) is 9.60. The van der Waals surface area contributed by atoms with E-state index in [2.05, 4.69) is 17.0 Å². The molecule has 7 nitrogen and oxygen atoms in total. The number of amides is 1. The van der Waals surface area contributed by atoms with Crippen molar-refractivity contribution in [1.82, 2.24) is 5.32 Å². The van der Waals surface area contributed by atoms with E-state index >= 15 is 0 Å². The van der Waals surface area contributed by atoms with Gasteiger partial charge in [-0.2, -0.15) is 0 Å². The highest BCUT2D eigenvalue weighted by Crippen LogP contribution is 2.30. The van der Waals surface area contributed by atoms with Crippen LogP contribution in [0.25, 0.3) is 0 Å². The van der Waals surface area contributed by atoms with Gasteiger partial charge in [-0.15, -0.1) is 0 Å². The fourth-order valence-corrected chi connectivity index (χ4v) is 5.02. The minimum Gasteiger partial charge on any atom is -0.497 e. The third-order valence-electron chi connectivity index (χ3n) is 5.68. The van der Waals surface area contributed by atoms with Gasteiger partial charge in [-0.25, -0.2) is 8.42 Å². The summed E-state index contributed by atoms with van der Waals surface area (Å²) in [6.07, 6.45) is 3.96. The van der Waals surface area contributed by atoms with Gasteiger partial charge in [0.25, 0.3) is 15.9 Å². The molecule has 1 fully saturated rings. The van der Waals surface area contributed by atoms with E-state index in [1.807, 2.05) is 6.92 Å². The number of nitrogens with one attached hydrogen (secondary N) is 2. The molecule has 0 aliphatic heterocycles. The Bertz CT molecular complexity index is 1040. The molecular weight excluding hydrogens is 416 g/mol. The molecule has 0 saturated heterocycles. The average molecular weight is 447 g/mol. The van der Waals surface area contributed by atoms with Gasteiger partial charge in [0.15, 0.2) is 0 Å². The molecule has 31 heavy (non-hydrogen) atoms. The number of hydrogen-bond donors (Lipinski definition) is 2. The Labute approximate surface area is 184 Å². The predicted molar refractivity (Wildman–Crippen MR) is 120 cm³/mol. The molecule has 1 aliphatic carbocycles. The Morgan fingerprint density at radius 3 is 2.35 bits per heavy atom. The predicted octanol–water partition coefficient (Wildman–Crippen LogP) is 4.12. The number of sulfonamides is 1. The third-order valence-corrected chi connectivity index (χ3v) is 7.08. The van der Waals surface area contributed by atoms with Gasteiger partial charge in [-0.05, 0) is 74.4 Å². The summed E-state index contributed by atoms with van der Waals surface area (Å²) < 4.78 is 39.2. The summed E-state index contributed by atoms with van der Waals surface area (Å²) >= 11 is 0. The molecule has 2 N–H and O–H groups in total. The number of carbonyl (C=O) groups is 1. The minimum atomic E-state index is -3.98. The first-order chi connectivity index (χ1) is 14.7. The van der Waals surface area contributed by atoms with Crippen LogP contribution < -0.4 is 19.5 Å². The number of ether oxygens (including phenoxy) is 2. The third kappa shape index (κ3) is 5.50. The van der Waals surface area contributed by atoms with Crippen molar-refractivity contribution in [1.29, 1.82) is 0 Å². The number of carbonyl (C=O) groups excluding carboxylic acids is 1. The fourth-order valence-electron chi connectivity index (χ4n) is 3.79. The highest BCUT2D eigenvalue weighted by molar-refractivity contribution is 7.92. The van der Waals surface area contributed by atoms with Gasteiger partial charge in [0.2, 0.25) is 0 Å². The van der Waals surface area contributed by atoms with Crippen LogP contribution in [0.2, 0.25) is 0 Å². The largest absolute Gasteiger partial charge is 0.497 e. The number of rotatable bonds is 7. The smallest absolute Gasteiger partial charge is 0.265 e. The Balaban J connectivity index is 1.90. The number of methoxy groups -OCH3 is 2. The quantitative estimate of drug-likeness (QED) is 0.667. The van der Waals surface area contributed by atoms with E-state index in [0.29, 0.717) is 11.7 Å². The molecule has 0 unspecified atom stereocenters. The van der Waals surface area contributed by atoms with Gasteiger partial charge < -0.3 is 14.8 Å². The van der Waals surface area contributed by atoms with Crippen LogP contribution in [0, 0.1) is 12.8 Å². The number of aryl methyl sites for hydroxylation is 1. The fraction of sp³-hybridized carbons (Fsp3) is 0.435. The van der Waals surface area contributed by atoms with E-state index in [1.165, 1.54) is 26.4 Å². The summed E-state index contributed by atoms with van der Waals surface area (Å²) in [5.41, 5.74) is 1.28. The Morgan fingerprint density at radius 1 is 1.00 bits per heavy atom. The van der Waals surface area contributed by atoms with Gasteiger partial charge in [-0.1, -0.05) is 13.0 Å². The number of hydrogen-bond acceptors (Lipinski definition) is 5. The van der Waals surface area contributed by atoms with Crippen LogP contribution in [0.4, 0.5) is 5.69 Å². The summed E-state index contributed by atoms with van der Waals surface area (Å²) in [7, 11) is -1.06. The second-order valence-electron chi connectivity index (χ2n) is 8.10. The summed E-state index contributed by atoms with van der Waals surface area (Å²) in [4.78, 5) is 13.1. The zero-order valence-electron chi connectivity index (χ0n) is 18.4. The first-order valence-electron chi connectivity index (χ1n) is 10.4. The molecule has 0 bridgehead atoms. The van der Waals surface area contributed by atoms with Crippen molar-refractivity contribution in [2.45, 2.75) is 50.5 Å². The maximum absolute atomic E-state index is 13.1. The molecule has 2 aromatic rings. The monoisotopic (exact) mass is 446 g/mol. The molecule has 0 atom stereocenters. The second-order valence-corrected chi connectivity index (χ2v) is 9.75. The molecule has 0 aromatic heterocycles. The zero-order chi connectivity index (χ0) is 22.6. The van der Waals surface area contributed by atoms with E-state index < -0.39 is 10.0 Å². The SMILES string of the molecule is COc1ccc(NS(=O)(=O)c2ccc(C)cc2OC)c(C(=O)NC2CCC(C)CC2)c1. The molecule has 1 saturated carbocycles. The van der Waals surface area contributed by atoms with Crippen LogP contribution in [0.5, 0.6) is 11.5 Å². The number of anilines is 1.